The molecule has 0 aliphatic carbocycles. The fraction of sp³-hybridized carbons (Fsp3) is 0.421. The van der Waals surface area contributed by atoms with Gasteiger partial charge >= 0.3 is 12.1 Å². The molecule has 0 aliphatic heterocycles. The monoisotopic (exact) mass is 362 g/mol. The first-order valence-electron chi connectivity index (χ1n) is 8.35. The summed E-state index contributed by atoms with van der Waals surface area (Å²) in [5.41, 5.74) is 0.853. The highest BCUT2D eigenvalue weighted by atomic mass is 16.6. The molecule has 0 radical (unpaired) electrons. The predicted octanol–water partition coefficient (Wildman–Crippen LogP) is 2.22. The van der Waals surface area contributed by atoms with E-state index in [0.717, 1.165) is 10.5 Å². The van der Waals surface area contributed by atoms with Crippen LogP contribution in [0.5, 0.6) is 0 Å². The van der Waals surface area contributed by atoms with Gasteiger partial charge in [-0.15, -0.1) is 6.58 Å². The number of benzene rings is 1. The molecule has 26 heavy (non-hydrogen) atoms. The average molecular weight is 362 g/mol. The first-order chi connectivity index (χ1) is 12.4. The summed E-state index contributed by atoms with van der Waals surface area (Å²) in [5, 5.41) is 0. The summed E-state index contributed by atoms with van der Waals surface area (Å²) in [5.74, 6) is -0.901. The van der Waals surface area contributed by atoms with Gasteiger partial charge in [-0.05, 0) is 18.9 Å². The average Bonchev–Trinajstić information content (AvgIpc) is 2.64. The van der Waals surface area contributed by atoms with Gasteiger partial charge in [0.15, 0.2) is 0 Å². The van der Waals surface area contributed by atoms with E-state index < -0.39 is 24.0 Å². The number of esters is 1. The van der Waals surface area contributed by atoms with E-state index >= 15 is 0 Å². The summed E-state index contributed by atoms with van der Waals surface area (Å²) >= 11 is 0. The van der Waals surface area contributed by atoms with Crippen molar-refractivity contribution in [1.29, 1.82) is 0 Å². The molecule has 0 saturated heterocycles. The van der Waals surface area contributed by atoms with Crippen LogP contribution in [0.4, 0.5) is 4.79 Å². The van der Waals surface area contributed by atoms with Crippen molar-refractivity contribution in [2.45, 2.75) is 26.0 Å². The third kappa shape index (κ3) is 6.58. The van der Waals surface area contributed by atoms with E-state index in [2.05, 4.69) is 6.58 Å². The van der Waals surface area contributed by atoms with Crippen molar-refractivity contribution in [2.75, 3.05) is 27.2 Å². The molecule has 0 bridgehead atoms. The van der Waals surface area contributed by atoms with Crippen molar-refractivity contribution in [3.63, 3.8) is 0 Å². The molecule has 1 atom stereocenters. The highest BCUT2D eigenvalue weighted by molar-refractivity contribution is 5.87. The summed E-state index contributed by atoms with van der Waals surface area (Å²) in [4.78, 5) is 38.8. The van der Waals surface area contributed by atoms with E-state index in [4.69, 9.17) is 9.47 Å². The van der Waals surface area contributed by atoms with Crippen molar-refractivity contribution >= 4 is 18.0 Å². The fourth-order valence-corrected chi connectivity index (χ4v) is 2.19. The highest BCUT2D eigenvalue weighted by Crippen LogP contribution is 2.08. The Hall–Kier alpha value is -2.83. The van der Waals surface area contributed by atoms with Crippen molar-refractivity contribution in [3.8, 4) is 0 Å². The topological polar surface area (TPSA) is 76.2 Å². The molecule has 1 aromatic carbocycles. The lowest BCUT2D eigenvalue weighted by Gasteiger charge is -2.27. The molecule has 1 aromatic rings. The SMILES string of the molecule is C=CCC(C(=O)OCC)N(C)C(=O)CN(C)C(=O)OCc1ccccc1. The number of rotatable bonds is 9. The van der Waals surface area contributed by atoms with Gasteiger partial charge in [0, 0.05) is 14.1 Å². The van der Waals surface area contributed by atoms with Crippen LogP contribution in [0.25, 0.3) is 0 Å². The van der Waals surface area contributed by atoms with Crippen LogP contribution in [0, 0.1) is 0 Å². The number of nitrogens with zero attached hydrogens (tertiary/aromatic N) is 2. The molecule has 7 heteroatoms. The zero-order valence-corrected chi connectivity index (χ0v) is 15.5. The van der Waals surface area contributed by atoms with Crippen LogP contribution in [-0.4, -0.2) is 61.1 Å². The predicted molar refractivity (Wildman–Crippen MR) is 97.3 cm³/mol. The van der Waals surface area contributed by atoms with Crippen LogP contribution in [-0.2, 0) is 25.7 Å². The van der Waals surface area contributed by atoms with E-state index in [-0.39, 0.29) is 26.2 Å². The molecule has 0 fully saturated rings. The quantitative estimate of drug-likeness (QED) is 0.497. The largest absolute Gasteiger partial charge is 0.464 e. The Labute approximate surface area is 154 Å². The molecule has 0 aromatic heterocycles. The Balaban J connectivity index is 2.58. The minimum Gasteiger partial charge on any atom is -0.464 e. The van der Waals surface area contributed by atoms with Gasteiger partial charge in [-0.2, -0.15) is 0 Å². The molecule has 0 spiro atoms. The van der Waals surface area contributed by atoms with Gasteiger partial charge in [-0.25, -0.2) is 9.59 Å². The molecule has 7 nitrogen and oxygen atoms in total. The Morgan fingerprint density at radius 3 is 2.38 bits per heavy atom. The number of carbonyl (C=O) groups is 3. The second kappa shape index (κ2) is 10.9. The number of ether oxygens (including phenoxy) is 2. The highest BCUT2D eigenvalue weighted by Gasteiger charge is 2.28. The van der Waals surface area contributed by atoms with Gasteiger partial charge in [-0.1, -0.05) is 36.4 Å². The van der Waals surface area contributed by atoms with Crippen LogP contribution < -0.4 is 0 Å². The standard InChI is InChI=1S/C19H26N2O5/c1-5-10-16(18(23)25-6-2)21(4)17(22)13-20(3)19(24)26-14-15-11-8-7-9-12-15/h5,7-9,11-12,16H,1,6,10,13-14H2,2-4H3. The first kappa shape index (κ1) is 21.2. The van der Waals surface area contributed by atoms with Crippen LogP contribution in [0.2, 0.25) is 0 Å². The third-order valence-corrected chi connectivity index (χ3v) is 3.70. The molecule has 1 unspecified atom stereocenters. The van der Waals surface area contributed by atoms with Gasteiger partial charge in [0.1, 0.15) is 19.2 Å². The Bertz CT molecular complexity index is 618. The van der Waals surface area contributed by atoms with E-state index in [0.29, 0.717) is 0 Å². The fourth-order valence-electron chi connectivity index (χ4n) is 2.19. The molecular weight excluding hydrogens is 336 g/mol. The van der Waals surface area contributed by atoms with E-state index in [9.17, 15) is 14.4 Å². The van der Waals surface area contributed by atoms with Crippen molar-refractivity contribution < 1.29 is 23.9 Å². The van der Waals surface area contributed by atoms with Gasteiger partial charge in [-0.3, -0.25) is 4.79 Å². The van der Waals surface area contributed by atoms with Crippen molar-refractivity contribution in [1.82, 2.24) is 9.80 Å². The lowest BCUT2D eigenvalue weighted by atomic mass is 10.2. The lowest BCUT2D eigenvalue weighted by Crippen LogP contribution is -2.47. The molecule has 2 amide bonds. The number of carbonyl (C=O) groups excluding carboxylic acids is 3. The smallest absolute Gasteiger partial charge is 0.410 e. The summed E-state index contributed by atoms with van der Waals surface area (Å²) in [6, 6.07) is 8.47. The minimum atomic E-state index is -0.770. The van der Waals surface area contributed by atoms with Gasteiger partial charge in [0.25, 0.3) is 0 Å². The number of likely N-dealkylation sites (N-methyl/N-ethyl adjacent to an activating group) is 2. The summed E-state index contributed by atoms with van der Waals surface area (Å²) in [7, 11) is 2.96. The second-order valence-corrected chi connectivity index (χ2v) is 5.69. The molecule has 1 rings (SSSR count). The molecule has 0 heterocycles. The molecule has 0 N–H and O–H groups in total. The summed E-state index contributed by atoms with van der Waals surface area (Å²) < 4.78 is 10.2. The maximum absolute atomic E-state index is 12.4. The first-order valence-corrected chi connectivity index (χ1v) is 8.35. The van der Waals surface area contributed by atoms with E-state index in [1.165, 1.54) is 19.0 Å². The van der Waals surface area contributed by atoms with Gasteiger partial charge < -0.3 is 19.3 Å². The van der Waals surface area contributed by atoms with Crippen molar-refractivity contribution in [2.24, 2.45) is 0 Å². The van der Waals surface area contributed by atoms with Crippen LogP contribution >= 0.6 is 0 Å². The third-order valence-electron chi connectivity index (χ3n) is 3.70. The minimum absolute atomic E-state index is 0.121. The normalized spacial score (nSPS) is 11.2. The maximum atomic E-state index is 12.4. The zero-order chi connectivity index (χ0) is 19.5. The second-order valence-electron chi connectivity index (χ2n) is 5.69. The summed E-state index contributed by atoms with van der Waals surface area (Å²) in [6.07, 6.45) is 1.19. The lowest BCUT2D eigenvalue weighted by molar-refractivity contribution is -0.153. The maximum Gasteiger partial charge on any atom is 0.410 e. The van der Waals surface area contributed by atoms with Gasteiger partial charge in [0.05, 0.1) is 6.61 Å². The van der Waals surface area contributed by atoms with E-state index in [1.807, 2.05) is 30.3 Å². The van der Waals surface area contributed by atoms with Crippen LogP contribution in [0.3, 0.4) is 0 Å². The molecule has 0 aliphatic rings. The zero-order valence-electron chi connectivity index (χ0n) is 15.5. The number of amides is 2. The van der Waals surface area contributed by atoms with Crippen molar-refractivity contribution in [3.05, 3.63) is 48.6 Å². The number of hydrogen-bond acceptors (Lipinski definition) is 5. The molecular formula is C19H26N2O5. The Morgan fingerprint density at radius 2 is 1.81 bits per heavy atom. The van der Waals surface area contributed by atoms with Crippen LogP contribution in [0.15, 0.2) is 43.0 Å². The molecule has 142 valence electrons. The summed E-state index contributed by atoms with van der Waals surface area (Å²) in [6.45, 7) is 5.42. The number of hydrogen-bond donors (Lipinski definition) is 0. The van der Waals surface area contributed by atoms with E-state index in [1.54, 1.807) is 13.0 Å². The van der Waals surface area contributed by atoms with Gasteiger partial charge in [0.2, 0.25) is 5.91 Å². The van der Waals surface area contributed by atoms with Crippen LogP contribution in [0.1, 0.15) is 18.9 Å². The Kier molecular flexibility index (Phi) is 8.91. The Morgan fingerprint density at radius 1 is 1.15 bits per heavy atom. The molecule has 0 saturated carbocycles.